The molecule has 1 saturated heterocycles. The highest BCUT2D eigenvalue weighted by Gasteiger charge is 2.20. The number of nitrogens with zero attached hydrogens (tertiary/aromatic N) is 1. The van der Waals surface area contributed by atoms with Crippen molar-refractivity contribution in [2.75, 3.05) is 13.1 Å². The molecule has 0 amide bonds. The van der Waals surface area contributed by atoms with Gasteiger partial charge in [-0.05, 0) is 30.8 Å². The Morgan fingerprint density at radius 3 is 3.12 bits per heavy atom. The first-order chi connectivity index (χ1) is 7.74. The van der Waals surface area contributed by atoms with E-state index < -0.39 is 0 Å². The first kappa shape index (κ1) is 12.1. The fraction of sp³-hybridized carbons (Fsp3) is 0.692. The molecule has 1 aromatic heterocycles. The van der Waals surface area contributed by atoms with E-state index in [4.69, 9.17) is 0 Å². The Balaban J connectivity index is 1.82. The van der Waals surface area contributed by atoms with E-state index in [0.29, 0.717) is 12.1 Å². The van der Waals surface area contributed by atoms with Crippen molar-refractivity contribution < 1.29 is 0 Å². The Bertz CT molecular complexity index is 295. The molecular formula is C13H22N2S. The minimum Gasteiger partial charge on any atom is -0.311 e. The van der Waals surface area contributed by atoms with Gasteiger partial charge in [0.25, 0.3) is 0 Å². The number of piperidine rings is 1. The van der Waals surface area contributed by atoms with E-state index in [1.165, 1.54) is 30.8 Å². The van der Waals surface area contributed by atoms with Crippen LogP contribution in [0.4, 0.5) is 0 Å². The first-order valence-corrected chi connectivity index (χ1v) is 7.13. The number of hydrogen-bond acceptors (Lipinski definition) is 3. The van der Waals surface area contributed by atoms with Gasteiger partial charge in [-0.3, -0.25) is 4.90 Å². The Morgan fingerprint density at radius 1 is 1.56 bits per heavy atom. The maximum Gasteiger partial charge on any atom is 0.0328 e. The summed E-state index contributed by atoms with van der Waals surface area (Å²) < 4.78 is 0. The van der Waals surface area contributed by atoms with E-state index in [1.54, 1.807) is 0 Å². The molecule has 1 aliphatic rings. The molecule has 2 heterocycles. The molecule has 0 saturated carbocycles. The summed E-state index contributed by atoms with van der Waals surface area (Å²) in [5, 5.41) is 5.82. The Kier molecular flexibility index (Phi) is 4.38. The van der Waals surface area contributed by atoms with E-state index >= 15 is 0 Å². The predicted molar refractivity (Wildman–Crippen MR) is 70.9 cm³/mol. The van der Waals surface area contributed by atoms with Crippen LogP contribution < -0.4 is 5.32 Å². The molecule has 2 rings (SSSR count). The van der Waals surface area contributed by atoms with Gasteiger partial charge in [-0.25, -0.2) is 0 Å². The van der Waals surface area contributed by atoms with Crippen molar-refractivity contribution in [3.63, 3.8) is 0 Å². The average Bonchev–Trinajstić information content (AvgIpc) is 2.70. The molecule has 0 bridgehead atoms. The fourth-order valence-electron chi connectivity index (χ4n) is 2.43. The van der Waals surface area contributed by atoms with Crippen LogP contribution in [-0.4, -0.2) is 30.1 Å². The predicted octanol–water partition coefficient (Wildman–Crippen LogP) is 2.71. The van der Waals surface area contributed by atoms with Crippen LogP contribution in [0.15, 0.2) is 17.5 Å². The van der Waals surface area contributed by atoms with Crippen LogP contribution >= 0.6 is 11.3 Å². The van der Waals surface area contributed by atoms with Gasteiger partial charge in [0.2, 0.25) is 0 Å². The van der Waals surface area contributed by atoms with Crippen molar-refractivity contribution in [2.45, 2.75) is 45.3 Å². The van der Waals surface area contributed by atoms with Crippen LogP contribution in [0.2, 0.25) is 0 Å². The summed E-state index contributed by atoms with van der Waals surface area (Å²) in [5.74, 6) is 0. The van der Waals surface area contributed by atoms with E-state index in [0.717, 1.165) is 6.54 Å². The lowest BCUT2D eigenvalue weighted by atomic mass is 10.0. The van der Waals surface area contributed by atoms with E-state index in [9.17, 15) is 0 Å². The molecular weight excluding hydrogens is 216 g/mol. The molecule has 1 aliphatic heterocycles. The zero-order chi connectivity index (χ0) is 11.4. The molecule has 1 fully saturated rings. The summed E-state index contributed by atoms with van der Waals surface area (Å²) in [7, 11) is 0. The van der Waals surface area contributed by atoms with E-state index in [2.05, 4.69) is 41.6 Å². The lowest BCUT2D eigenvalue weighted by molar-refractivity contribution is 0.180. The molecule has 1 unspecified atom stereocenters. The topological polar surface area (TPSA) is 15.3 Å². The molecule has 16 heavy (non-hydrogen) atoms. The van der Waals surface area contributed by atoms with Crippen molar-refractivity contribution in [1.82, 2.24) is 10.2 Å². The SMILES string of the molecule is CC(C)NC1CCCN(Cc2cccs2)C1. The van der Waals surface area contributed by atoms with Crippen molar-refractivity contribution in [3.05, 3.63) is 22.4 Å². The third kappa shape index (κ3) is 3.58. The molecule has 0 aromatic carbocycles. The normalized spacial score (nSPS) is 22.8. The van der Waals surface area contributed by atoms with Crippen LogP contribution in [0.1, 0.15) is 31.6 Å². The maximum atomic E-state index is 3.65. The second-order valence-corrected chi connectivity index (χ2v) is 6.01. The van der Waals surface area contributed by atoms with Gasteiger partial charge in [-0.2, -0.15) is 0 Å². The third-order valence-corrected chi connectivity index (χ3v) is 3.90. The molecule has 90 valence electrons. The van der Waals surface area contributed by atoms with Gasteiger partial charge in [0.15, 0.2) is 0 Å². The summed E-state index contributed by atoms with van der Waals surface area (Å²) in [6.45, 7) is 8.06. The molecule has 0 radical (unpaired) electrons. The highest BCUT2D eigenvalue weighted by molar-refractivity contribution is 7.09. The Morgan fingerprint density at radius 2 is 2.44 bits per heavy atom. The second kappa shape index (κ2) is 5.80. The van der Waals surface area contributed by atoms with Crippen molar-refractivity contribution in [2.24, 2.45) is 0 Å². The zero-order valence-corrected chi connectivity index (χ0v) is 11.1. The van der Waals surface area contributed by atoms with Gasteiger partial charge in [0.1, 0.15) is 0 Å². The van der Waals surface area contributed by atoms with Crippen LogP contribution in [-0.2, 0) is 6.54 Å². The van der Waals surface area contributed by atoms with Crippen LogP contribution in [0, 0.1) is 0 Å². The van der Waals surface area contributed by atoms with Gasteiger partial charge in [-0.15, -0.1) is 11.3 Å². The summed E-state index contributed by atoms with van der Waals surface area (Å²) in [5.41, 5.74) is 0. The van der Waals surface area contributed by atoms with Gasteiger partial charge < -0.3 is 5.32 Å². The molecule has 1 N–H and O–H groups in total. The lowest BCUT2D eigenvalue weighted by Crippen LogP contribution is -2.47. The van der Waals surface area contributed by atoms with Gasteiger partial charge in [0.05, 0.1) is 0 Å². The number of rotatable bonds is 4. The average molecular weight is 238 g/mol. The summed E-state index contributed by atoms with van der Waals surface area (Å²) in [6, 6.07) is 5.68. The number of hydrogen-bond donors (Lipinski definition) is 1. The number of likely N-dealkylation sites (tertiary alicyclic amines) is 1. The molecule has 1 aromatic rings. The van der Waals surface area contributed by atoms with Crippen molar-refractivity contribution in [1.29, 1.82) is 0 Å². The second-order valence-electron chi connectivity index (χ2n) is 4.97. The van der Waals surface area contributed by atoms with Crippen LogP contribution in [0.3, 0.4) is 0 Å². The highest BCUT2D eigenvalue weighted by atomic mass is 32.1. The Labute approximate surface area is 103 Å². The van der Waals surface area contributed by atoms with Gasteiger partial charge >= 0.3 is 0 Å². The summed E-state index contributed by atoms with van der Waals surface area (Å²) in [6.07, 6.45) is 2.66. The molecule has 2 nitrogen and oxygen atoms in total. The van der Waals surface area contributed by atoms with E-state index in [1.807, 2.05) is 11.3 Å². The van der Waals surface area contributed by atoms with Gasteiger partial charge in [-0.1, -0.05) is 19.9 Å². The quantitative estimate of drug-likeness (QED) is 0.867. The monoisotopic (exact) mass is 238 g/mol. The largest absolute Gasteiger partial charge is 0.311 e. The van der Waals surface area contributed by atoms with E-state index in [-0.39, 0.29) is 0 Å². The van der Waals surface area contributed by atoms with Crippen molar-refractivity contribution >= 4 is 11.3 Å². The van der Waals surface area contributed by atoms with Crippen molar-refractivity contribution in [3.8, 4) is 0 Å². The molecule has 1 atom stereocenters. The third-order valence-electron chi connectivity index (χ3n) is 3.03. The smallest absolute Gasteiger partial charge is 0.0328 e. The highest BCUT2D eigenvalue weighted by Crippen LogP contribution is 2.16. The van der Waals surface area contributed by atoms with Crippen LogP contribution in [0.5, 0.6) is 0 Å². The first-order valence-electron chi connectivity index (χ1n) is 6.25. The zero-order valence-electron chi connectivity index (χ0n) is 10.3. The lowest BCUT2D eigenvalue weighted by Gasteiger charge is -2.34. The molecule has 0 aliphatic carbocycles. The maximum absolute atomic E-state index is 3.65. The fourth-order valence-corrected chi connectivity index (χ4v) is 3.18. The standard InChI is InChI=1S/C13H22N2S/c1-11(2)14-12-5-3-7-15(9-12)10-13-6-4-8-16-13/h4,6,8,11-12,14H,3,5,7,9-10H2,1-2H3. The van der Waals surface area contributed by atoms with Crippen LogP contribution in [0.25, 0.3) is 0 Å². The minimum absolute atomic E-state index is 0.603. The van der Waals surface area contributed by atoms with Gasteiger partial charge in [0, 0.05) is 30.1 Å². The molecule has 0 spiro atoms. The summed E-state index contributed by atoms with van der Waals surface area (Å²) >= 11 is 1.87. The Hall–Kier alpha value is -0.380. The minimum atomic E-state index is 0.603. The summed E-state index contributed by atoms with van der Waals surface area (Å²) in [4.78, 5) is 4.07. The number of nitrogens with one attached hydrogen (secondary N) is 1. The number of thiophene rings is 1. The molecule has 3 heteroatoms.